The van der Waals surface area contributed by atoms with Crippen LogP contribution in [0.4, 0.5) is 11.4 Å². The maximum absolute atomic E-state index is 13.1. The van der Waals surface area contributed by atoms with Crippen LogP contribution in [0, 0.1) is 5.92 Å². The van der Waals surface area contributed by atoms with E-state index in [1.807, 2.05) is 36.4 Å². The van der Waals surface area contributed by atoms with Crippen molar-refractivity contribution in [2.75, 3.05) is 43.8 Å². The molecule has 6 nitrogen and oxygen atoms in total. The average Bonchev–Trinajstić information content (AvgIpc) is 3.64. The third kappa shape index (κ3) is 4.95. The third-order valence-electron chi connectivity index (χ3n) is 8.27. The lowest BCUT2D eigenvalue weighted by Crippen LogP contribution is -2.50. The first-order chi connectivity index (χ1) is 17.1. The fourth-order valence-corrected chi connectivity index (χ4v) is 6.09. The molecule has 4 aliphatic rings. The number of hydrogen-bond donors (Lipinski definition) is 3. The minimum Gasteiger partial charge on any atom is -0.399 e. The molecule has 4 N–H and O–H groups in total. The summed E-state index contributed by atoms with van der Waals surface area (Å²) >= 11 is 0. The van der Waals surface area contributed by atoms with Gasteiger partial charge in [-0.2, -0.15) is 0 Å². The van der Waals surface area contributed by atoms with Crippen LogP contribution in [0.25, 0.3) is 11.3 Å². The summed E-state index contributed by atoms with van der Waals surface area (Å²) in [4.78, 5) is 18.5. The van der Waals surface area contributed by atoms with Crippen LogP contribution in [-0.4, -0.2) is 60.5 Å². The highest BCUT2D eigenvalue weighted by Crippen LogP contribution is 2.38. The van der Waals surface area contributed by atoms with Gasteiger partial charge in [0, 0.05) is 43.0 Å². The minimum atomic E-state index is -0.0626. The Balaban J connectivity index is 1.15. The first kappa shape index (κ1) is 22.6. The molecule has 2 saturated heterocycles. The molecule has 3 aliphatic heterocycles. The first-order valence-electron chi connectivity index (χ1n) is 13.4. The van der Waals surface area contributed by atoms with Crippen LogP contribution in [0.3, 0.4) is 0 Å². The molecule has 0 spiro atoms. The quantitative estimate of drug-likeness (QED) is 0.438. The van der Waals surface area contributed by atoms with Crippen LogP contribution in [0.5, 0.6) is 0 Å². The number of nitrogens with two attached hydrogens (primary N) is 1. The monoisotopic (exact) mass is 471 g/mol. The standard InChI is InChI=1S/C29H37N5O/c30-22-8-9-25-26(18-22)32-29(35)27(25)28(21-4-2-1-3-5-21)31-23-10-16-34(17-11-23)24-12-14-33(15-13-24)19-20-6-7-20/h1-5,8-9,18,20,23-24,31H,6-7,10-17,19,30H2,(H,32,35)/b28-27-. The highest BCUT2D eigenvalue weighted by Gasteiger charge is 2.33. The predicted octanol–water partition coefficient (Wildman–Crippen LogP) is 4.02. The third-order valence-corrected chi connectivity index (χ3v) is 8.27. The van der Waals surface area contributed by atoms with Crippen LogP contribution >= 0.6 is 0 Å². The van der Waals surface area contributed by atoms with Gasteiger partial charge < -0.3 is 26.2 Å². The van der Waals surface area contributed by atoms with Gasteiger partial charge in [0.25, 0.3) is 5.91 Å². The number of benzene rings is 2. The largest absolute Gasteiger partial charge is 0.399 e. The van der Waals surface area contributed by atoms with Gasteiger partial charge in [-0.3, -0.25) is 4.79 Å². The van der Waals surface area contributed by atoms with Crippen LogP contribution in [0.2, 0.25) is 0 Å². The number of rotatable bonds is 6. The zero-order chi connectivity index (χ0) is 23.8. The molecule has 0 radical (unpaired) electrons. The van der Waals surface area contributed by atoms with Gasteiger partial charge in [-0.25, -0.2) is 0 Å². The van der Waals surface area contributed by atoms with Crippen molar-refractivity contribution < 1.29 is 4.79 Å². The Morgan fingerprint density at radius 2 is 1.69 bits per heavy atom. The average molecular weight is 472 g/mol. The number of nitrogens with one attached hydrogen (secondary N) is 2. The van der Waals surface area contributed by atoms with Crippen LogP contribution in [0.1, 0.15) is 49.7 Å². The molecule has 6 heteroatoms. The van der Waals surface area contributed by atoms with E-state index >= 15 is 0 Å². The molecule has 2 aromatic carbocycles. The second-order valence-electron chi connectivity index (χ2n) is 10.8. The molecule has 1 aliphatic carbocycles. The van der Waals surface area contributed by atoms with Crippen molar-refractivity contribution >= 4 is 28.6 Å². The Hall–Kier alpha value is -2.83. The maximum atomic E-state index is 13.1. The van der Waals surface area contributed by atoms with Gasteiger partial charge in [0.1, 0.15) is 0 Å². The molecule has 35 heavy (non-hydrogen) atoms. The molecule has 0 bridgehead atoms. The van der Waals surface area contributed by atoms with E-state index in [0.717, 1.165) is 66.0 Å². The lowest BCUT2D eigenvalue weighted by Gasteiger charge is -2.42. The van der Waals surface area contributed by atoms with Gasteiger partial charge in [0.2, 0.25) is 0 Å². The summed E-state index contributed by atoms with van der Waals surface area (Å²) in [6.07, 6.45) is 7.71. The Labute approximate surface area is 208 Å². The molecule has 1 amide bonds. The Morgan fingerprint density at radius 1 is 0.943 bits per heavy atom. The topological polar surface area (TPSA) is 73.6 Å². The van der Waals surface area contributed by atoms with Gasteiger partial charge in [0.15, 0.2) is 0 Å². The SMILES string of the molecule is Nc1ccc2c(c1)NC(=O)/C2=C(\NC1CCN(C2CCN(CC3CC3)CC2)CC1)c1ccccc1. The van der Waals surface area contributed by atoms with Crippen molar-refractivity contribution in [3.8, 4) is 0 Å². The summed E-state index contributed by atoms with van der Waals surface area (Å²) in [5.41, 5.74) is 11.0. The molecular formula is C29H37N5O. The van der Waals surface area contributed by atoms with E-state index in [2.05, 4.69) is 32.6 Å². The van der Waals surface area contributed by atoms with E-state index in [-0.39, 0.29) is 5.91 Å². The van der Waals surface area contributed by atoms with Crippen molar-refractivity contribution in [3.63, 3.8) is 0 Å². The van der Waals surface area contributed by atoms with Gasteiger partial charge >= 0.3 is 0 Å². The van der Waals surface area contributed by atoms with E-state index < -0.39 is 0 Å². The van der Waals surface area contributed by atoms with Crippen molar-refractivity contribution in [1.82, 2.24) is 15.1 Å². The Bertz CT molecular complexity index is 1090. The van der Waals surface area contributed by atoms with E-state index in [0.29, 0.717) is 11.7 Å². The van der Waals surface area contributed by atoms with Gasteiger partial charge in [0.05, 0.1) is 17.0 Å². The number of amides is 1. The lowest BCUT2D eigenvalue weighted by atomic mass is 9.95. The van der Waals surface area contributed by atoms with Crippen molar-refractivity contribution in [1.29, 1.82) is 0 Å². The molecule has 0 atom stereocenters. The molecule has 184 valence electrons. The molecule has 3 fully saturated rings. The number of fused-ring (bicyclic) bond motifs is 1. The van der Waals surface area contributed by atoms with Gasteiger partial charge in [-0.1, -0.05) is 30.3 Å². The van der Waals surface area contributed by atoms with E-state index in [4.69, 9.17) is 5.73 Å². The summed E-state index contributed by atoms with van der Waals surface area (Å²) in [6.45, 7) is 6.12. The molecular weight excluding hydrogens is 434 g/mol. The molecule has 0 aromatic heterocycles. The summed E-state index contributed by atoms with van der Waals surface area (Å²) in [6, 6.07) is 17.0. The fourth-order valence-electron chi connectivity index (χ4n) is 6.09. The lowest BCUT2D eigenvalue weighted by molar-refractivity contribution is -0.110. The normalized spacial score (nSPS) is 23.7. The maximum Gasteiger partial charge on any atom is 0.258 e. The zero-order valence-corrected chi connectivity index (χ0v) is 20.5. The number of hydrogen-bond acceptors (Lipinski definition) is 5. The van der Waals surface area contributed by atoms with E-state index in [1.165, 1.54) is 45.3 Å². The number of anilines is 2. The number of nitrogens with zero attached hydrogens (tertiary/aromatic N) is 2. The number of carbonyl (C=O) groups is 1. The molecule has 2 aromatic rings. The highest BCUT2D eigenvalue weighted by atomic mass is 16.2. The summed E-state index contributed by atoms with van der Waals surface area (Å²) in [5.74, 6) is 0.930. The summed E-state index contributed by atoms with van der Waals surface area (Å²) in [7, 11) is 0. The summed E-state index contributed by atoms with van der Waals surface area (Å²) in [5, 5.41) is 6.83. The zero-order valence-electron chi connectivity index (χ0n) is 20.5. The van der Waals surface area contributed by atoms with Crippen molar-refractivity contribution in [2.45, 2.75) is 50.6 Å². The summed E-state index contributed by atoms with van der Waals surface area (Å²) < 4.78 is 0. The predicted molar refractivity (Wildman–Crippen MR) is 143 cm³/mol. The molecule has 0 unspecified atom stereocenters. The van der Waals surface area contributed by atoms with E-state index in [9.17, 15) is 4.79 Å². The number of nitrogen functional groups attached to an aromatic ring is 1. The van der Waals surface area contributed by atoms with Gasteiger partial charge in [-0.15, -0.1) is 0 Å². The van der Waals surface area contributed by atoms with Crippen molar-refractivity contribution in [3.05, 3.63) is 59.7 Å². The minimum absolute atomic E-state index is 0.0626. The second kappa shape index (κ2) is 9.67. The molecule has 3 heterocycles. The smallest absolute Gasteiger partial charge is 0.258 e. The Kier molecular flexibility index (Phi) is 6.25. The molecule has 1 saturated carbocycles. The van der Waals surface area contributed by atoms with Crippen LogP contribution < -0.4 is 16.4 Å². The molecule has 6 rings (SSSR count). The fraction of sp³-hybridized carbons (Fsp3) is 0.483. The van der Waals surface area contributed by atoms with E-state index in [1.54, 1.807) is 0 Å². The first-order valence-corrected chi connectivity index (χ1v) is 13.4. The second-order valence-corrected chi connectivity index (χ2v) is 10.8. The number of piperidine rings is 2. The Morgan fingerprint density at radius 3 is 2.40 bits per heavy atom. The van der Waals surface area contributed by atoms with Crippen molar-refractivity contribution in [2.24, 2.45) is 5.92 Å². The number of likely N-dealkylation sites (tertiary alicyclic amines) is 2. The highest BCUT2D eigenvalue weighted by molar-refractivity contribution is 6.36. The van der Waals surface area contributed by atoms with Crippen LogP contribution in [0.15, 0.2) is 48.5 Å². The van der Waals surface area contributed by atoms with Crippen LogP contribution in [-0.2, 0) is 4.79 Å². The number of carbonyl (C=O) groups excluding carboxylic acids is 1. The van der Waals surface area contributed by atoms with Gasteiger partial charge in [-0.05, 0) is 81.3 Å².